The van der Waals surface area contributed by atoms with Gasteiger partial charge in [0.15, 0.2) is 0 Å². The molecule has 0 aromatic heterocycles. The number of carbonyl (C=O) groups is 2. The van der Waals surface area contributed by atoms with Crippen molar-refractivity contribution in [1.82, 2.24) is 0 Å². The van der Waals surface area contributed by atoms with Crippen molar-refractivity contribution in [2.24, 2.45) is 11.8 Å². The summed E-state index contributed by atoms with van der Waals surface area (Å²) >= 11 is -4.08. The van der Waals surface area contributed by atoms with Crippen LogP contribution in [0.25, 0.3) is 0 Å². The molecule has 4 nitrogen and oxygen atoms in total. The van der Waals surface area contributed by atoms with Gasteiger partial charge in [0.1, 0.15) is 0 Å². The zero-order valence-corrected chi connectivity index (χ0v) is 28.6. The number of rotatable bonds is 16. The minimum absolute atomic E-state index is 0.256. The number of carbonyl (C=O) groups excluding carboxylic acids is 2. The third-order valence-corrected chi connectivity index (χ3v) is 17.0. The molecule has 0 saturated heterocycles. The van der Waals surface area contributed by atoms with Crippen LogP contribution in [0.4, 0.5) is 0 Å². The molecule has 5 heteroatoms. The van der Waals surface area contributed by atoms with E-state index in [0.29, 0.717) is 20.7 Å². The van der Waals surface area contributed by atoms with Crippen LogP contribution >= 0.6 is 0 Å². The molecule has 0 amide bonds. The first-order valence-corrected chi connectivity index (χ1v) is 21.5. The predicted molar refractivity (Wildman–Crippen MR) is 164 cm³/mol. The van der Waals surface area contributed by atoms with E-state index in [2.05, 4.69) is 65.8 Å². The summed E-state index contributed by atoms with van der Waals surface area (Å²) in [5.74, 6) is -0.148. The van der Waals surface area contributed by atoms with E-state index >= 15 is 0 Å². The predicted octanol–water partition coefficient (Wildman–Crippen LogP) is 9.12. The molecular weight excluding hydrogens is 591 g/mol. The molecular formula is C34H52O4Sn. The molecule has 2 aromatic rings. The Bertz CT molecular complexity index is 927. The Hall–Kier alpha value is -1.82. The fourth-order valence-corrected chi connectivity index (χ4v) is 15.1. The van der Waals surface area contributed by atoms with Gasteiger partial charge in [-0.3, -0.25) is 0 Å². The Kier molecular flexibility index (Phi) is 14.1. The van der Waals surface area contributed by atoms with Crippen molar-refractivity contribution >= 4 is 31.1 Å². The molecule has 0 fully saturated rings. The van der Waals surface area contributed by atoms with E-state index in [0.717, 1.165) is 49.7 Å². The third-order valence-electron chi connectivity index (χ3n) is 7.35. The van der Waals surface area contributed by atoms with Crippen molar-refractivity contribution < 1.29 is 15.7 Å². The minimum atomic E-state index is -4.08. The van der Waals surface area contributed by atoms with Crippen molar-refractivity contribution in [2.45, 2.75) is 115 Å². The summed E-state index contributed by atoms with van der Waals surface area (Å²) in [6.45, 7) is 16.9. The van der Waals surface area contributed by atoms with E-state index in [4.69, 9.17) is 6.15 Å². The summed E-state index contributed by atoms with van der Waals surface area (Å²) in [5, 5.41) is 0. The molecule has 0 aliphatic rings. The first-order chi connectivity index (χ1) is 18.5. The first kappa shape index (κ1) is 33.4. The summed E-state index contributed by atoms with van der Waals surface area (Å²) in [6, 6.07) is 16.6. The maximum atomic E-state index is 13.5. The van der Waals surface area contributed by atoms with E-state index in [1.165, 1.54) is 11.1 Å². The Balaban J connectivity index is 2.24. The Labute approximate surface area is 243 Å². The molecule has 0 saturated carbocycles. The average Bonchev–Trinajstić information content (AvgIpc) is 2.90. The average molecular weight is 643 g/mol. The van der Waals surface area contributed by atoms with Gasteiger partial charge < -0.3 is 0 Å². The second-order valence-electron chi connectivity index (χ2n) is 12.1. The quantitative estimate of drug-likeness (QED) is 0.171. The summed E-state index contributed by atoms with van der Waals surface area (Å²) in [6.07, 6.45) is 5.77. The van der Waals surface area contributed by atoms with Crippen molar-refractivity contribution in [3.05, 3.63) is 70.8 Å². The number of unbranched alkanes of at least 4 members (excludes halogenated alkanes) is 2. The standard InChI is InChI=1S/2C13H18O2.2C4H9.Sn/c2*1-9(2)8-11-4-6-12(7-5-11)10(3)13(14)15;2*1-3-4-2;/h2*4-7,9-10H,8H2,1-3H3,(H,14,15);2*1,3-4H2,2H3;/q;;;;+2/p-2. The molecule has 0 aliphatic carbocycles. The van der Waals surface area contributed by atoms with Gasteiger partial charge >= 0.3 is 244 Å². The summed E-state index contributed by atoms with van der Waals surface area (Å²) in [5.41, 5.74) is 4.43. The Morgan fingerprint density at radius 3 is 1.23 bits per heavy atom. The van der Waals surface area contributed by atoms with Crippen molar-refractivity contribution in [2.75, 3.05) is 0 Å². The SMILES string of the molecule is CCC[CH2][Sn]([CH2]CCC)([O]C(=O)C(C)c1ccc(CC(C)C)cc1)[O]C(=O)C(C)c1ccc(CC(C)C)cc1. The second kappa shape index (κ2) is 16.4. The molecule has 2 unspecified atom stereocenters. The number of hydrogen-bond donors (Lipinski definition) is 0. The third kappa shape index (κ3) is 10.9. The van der Waals surface area contributed by atoms with Crippen LogP contribution in [0.2, 0.25) is 8.87 Å². The monoisotopic (exact) mass is 644 g/mol. The molecule has 0 heterocycles. The maximum absolute atomic E-state index is 13.5. The summed E-state index contributed by atoms with van der Waals surface area (Å²) < 4.78 is 14.2. The van der Waals surface area contributed by atoms with Gasteiger partial charge in [-0.05, 0) is 0 Å². The van der Waals surface area contributed by atoms with Crippen LogP contribution < -0.4 is 0 Å². The fraction of sp³-hybridized carbons (Fsp3) is 0.588. The van der Waals surface area contributed by atoms with E-state index in [1.807, 2.05) is 38.1 Å². The summed E-state index contributed by atoms with van der Waals surface area (Å²) in [7, 11) is 0. The molecule has 2 aromatic carbocycles. The van der Waals surface area contributed by atoms with Crippen LogP contribution in [0.5, 0.6) is 0 Å². The number of benzene rings is 2. The van der Waals surface area contributed by atoms with Crippen molar-refractivity contribution in [3.63, 3.8) is 0 Å². The molecule has 216 valence electrons. The Morgan fingerprint density at radius 2 is 0.949 bits per heavy atom. The molecule has 2 atom stereocenters. The van der Waals surface area contributed by atoms with E-state index in [-0.39, 0.29) is 11.9 Å². The van der Waals surface area contributed by atoms with Gasteiger partial charge in [0.2, 0.25) is 0 Å². The normalized spacial score (nSPS) is 13.4. The van der Waals surface area contributed by atoms with Gasteiger partial charge in [0.05, 0.1) is 0 Å². The molecule has 39 heavy (non-hydrogen) atoms. The molecule has 2 rings (SSSR count). The van der Waals surface area contributed by atoms with Gasteiger partial charge in [-0.2, -0.15) is 0 Å². The Morgan fingerprint density at radius 1 is 0.615 bits per heavy atom. The van der Waals surface area contributed by atoms with Crippen LogP contribution in [-0.4, -0.2) is 31.1 Å². The van der Waals surface area contributed by atoms with Crippen LogP contribution in [0.3, 0.4) is 0 Å². The second-order valence-corrected chi connectivity index (χ2v) is 21.3. The van der Waals surface area contributed by atoms with E-state index in [9.17, 15) is 9.59 Å². The topological polar surface area (TPSA) is 52.6 Å². The summed E-state index contributed by atoms with van der Waals surface area (Å²) in [4.78, 5) is 27.1. The van der Waals surface area contributed by atoms with Gasteiger partial charge in [-0.15, -0.1) is 0 Å². The van der Waals surface area contributed by atoms with Gasteiger partial charge in [0.25, 0.3) is 0 Å². The molecule has 0 aliphatic heterocycles. The van der Waals surface area contributed by atoms with Crippen LogP contribution in [-0.2, 0) is 28.6 Å². The zero-order valence-electron chi connectivity index (χ0n) is 25.7. The van der Waals surface area contributed by atoms with E-state index < -0.39 is 31.0 Å². The molecule has 0 N–H and O–H groups in total. The molecule has 0 spiro atoms. The first-order valence-electron chi connectivity index (χ1n) is 15.1. The van der Waals surface area contributed by atoms with Gasteiger partial charge in [-0.1, -0.05) is 0 Å². The number of hydrogen-bond acceptors (Lipinski definition) is 4. The van der Waals surface area contributed by atoms with E-state index in [1.54, 1.807) is 0 Å². The van der Waals surface area contributed by atoms with Gasteiger partial charge in [0, 0.05) is 0 Å². The van der Waals surface area contributed by atoms with Crippen LogP contribution in [0.1, 0.15) is 115 Å². The fourth-order valence-electron chi connectivity index (χ4n) is 4.89. The van der Waals surface area contributed by atoms with Crippen molar-refractivity contribution in [3.8, 4) is 0 Å². The van der Waals surface area contributed by atoms with Crippen LogP contribution in [0.15, 0.2) is 48.5 Å². The van der Waals surface area contributed by atoms with Crippen LogP contribution in [0, 0.1) is 11.8 Å². The van der Waals surface area contributed by atoms with Crippen molar-refractivity contribution in [1.29, 1.82) is 0 Å². The zero-order chi connectivity index (χ0) is 29.0. The molecule has 0 bridgehead atoms. The molecule has 0 radical (unpaired) electrons. The van der Waals surface area contributed by atoms with Gasteiger partial charge in [-0.25, -0.2) is 0 Å².